The van der Waals surface area contributed by atoms with E-state index in [4.69, 9.17) is 4.74 Å². The van der Waals surface area contributed by atoms with E-state index in [2.05, 4.69) is 5.32 Å². The predicted molar refractivity (Wildman–Crippen MR) is 139 cm³/mol. The second-order valence-corrected chi connectivity index (χ2v) is 10.2. The summed E-state index contributed by atoms with van der Waals surface area (Å²) >= 11 is 1.23. The van der Waals surface area contributed by atoms with E-state index < -0.39 is 34.9 Å². The zero-order chi connectivity index (χ0) is 25.8. The summed E-state index contributed by atoms with van der Waals surface area (Å²) in [5, 5.41) is 1.77. The summed E-state index contributed by atoms with van der Waals surface area (Å²) in [7, 11) is 0. The number of amides is 2. The van der Waals surface area contributed by atoms with E-state index in [0.29, 0.717) is 5.69 Å². The molecule has 3 aromatic rings. The molecule has 3 atom stereocenters. The average molecular weight is 521 g/mol. The molecule has 1 heterocycles. The highest BCUT2D eigenvalue weighted by Crippen LogP contribution is 2.47. The Labute approximate surface area is 218 Å². The first-order chi connectivity index (χ1) is 18.0. The number of rotatable bonds is 5. The molecule has 0 saturated heterocycles. The van der Waals surface area contributed by atoms with Gasteiger partial charge in [-0.2, -0.15) is 0 Å². The summed E-state index contributed by atoms with van der Waals surface area (Å²) < 4.78 is 34.7. The normalized spacial score (nSPS) is 21.2. The van der Waals surface area contributed by atoms with Crippen molar-refractivity contribution in [3.8, 4) is 0 Å². The standard InChI is InChI=1S/C29H26F2N2O3S/c30-20-15-16-23(31)22(17-20)27-26(32-29(35)36-18-19-9-3-1-4-10-19)28(34)33(21-11-5-2-6-12-21)24-13-7-8-14-25(24)37-27/h1,3-5,7-11,13-17,21,26-27H,2,6,12,18H2,(H,32,35)/t21?,26-,27-/m0/s1. The lowest BCUT2D eigenvalue weighted by Gasteiger charge is -2.34. The second-order valence-electron chi connectivity index (χ2n) is 8.99. The second kappa shape index (κ2) is 11.2. The van der Waals surface area contributed by atoms with Crippen molar-refractivity contribution in [2.75, 3.05) is 4.90 Å². The number of carbonyl (C=O) groups excluding carboxylic acids is 2. The summed E-state index contributed by atoms with van der Waals surface area (Å²) in [4.78, 5) is 29.5. The first kappa shape index (κ1) is 25.0. The van der Waals surface area contributed by atoms with Crippen molar-refractivity contribution in [3.05, 3.63) is 108 Å². The van der Waals surface area contributed by atoms with Gasteiger partial charge in [0, 0.05) is 10.5 Å². The van der Waals surface area contributed by atoms with Gasteiger partial charge in [0.2, 0.25) is 0 Å². The number of fused-ring (bicyclic) bond motifs is 1. The van der Waals surface area contributed by atoms with Crippen LogP contribution in [0.3, 0.4) is 0 Å². The fraction of sp³-hybridized carbons (Fsp3) is 0.241. The number of nitrogens with zero attached hydrogens (tertiary/aromatic N) is 1. The van der Waals surface area contributed by atoms with Crippen LogP contribution in [0.4, 0.5) is 19.3 Å². The van der Waals surface area contributed by atoms with E-state index in [1.54, 1.807) is 4.90 Å². The van der Waals surface area contributed by atoms with E-state index in [-0.39, 0.29) is 18.2 Å². The van der Waals surface area contributed by atoms with Gasteiger partial charge in [0.25, 0.3) is 5.91 Å². The first-order valence-electron chi connectivity index (χ1n) is 12.2. The number of anilines is 1. The molecule has 5 rings (SSSR count). The number of ether oxygens (including phenoxy) is 1. The van der Waals surface area contributed by atoms with Crippen LogP contribution >= 0.6 is 11.8 Å². The van der Waals surface area contributed by atoms with Gasteiger partial charge >= 0.3 is 6.09 Å². The predicted octanol–water partition coefficient (Wildman–Crippen LogP) is 6.55. The molecule has 0 bridgehead atoms. The van der Waals surface area contributed by atoms with Crippen LogP contribution in [0.1, 0.15) is 35.6 Å². The summed E-state index contributed by atoms with van der Waals surface area (Å²) in [6.45, 7) is 0.00895. The number of nitrogens with one attached hydrogen (secondary N) is 1. The molecule has 1 N–H and O–H groups in total. The van der Waals surface area contributed by atoms with Gasteiger partial charge in [0.1, 0.15) is 24.3 Å². The Kier molecular flexibility index (Phi) is 7.55. The molecule has 8 heteroatoms. The zero-order valence-electron chi connectivity index (χ0n) is 20.0. The third kappa shape index (κ3) is 5.54. The molecule has 0 aromatic heterocycles. The van der Waals surface area contributed by atoms with Gasteiger partial charge in [-0.3, -0.25) is 4.79 Å². The molecule has 190 valence electrons. The Morgan fingerprint density at radius 1 is 1.05 bits per heavy atom. The number of allylic oxidation sites excluding steroid dienone is 1. The quantitative estimate of drug-likeness (QED) is 0.388. The molecule has 5 nitrogen and oxygen atoms in total. The van der Waals surface area contributed by atoms with Gasteiger partial charge in [0.15, 0.2) is 0 Å². The van der Waals surface area contributed by atoms with Crippen molar-refractivity contribution >= 4 is 29.4 Å². The fourth-order valence-corrected chi connectivity index (χ4v) is 6.06. The highest BCUT2D eigenvalue weighted by atomic mass is 32.2. The van der Waals surface area contributed by atoms with Crippen molar-refractivity contribution in [2.24, 2.45) is 0 Å². The highest BCUT2D eigenvalue weighted by Gasteiger charge is 2.42. The number of halogens is 2. The lowest BCUT2D eigenvalue weighted by Crippen LogP contribution is -2.53. The lowest BCUT2D eigenvalue weighted by atomic mass is 9.98. The van der Waals surface area contributed by atoms with Crippen molar-refractivity contribution in [2.45, 2.75) is 48.1 Å². The van der Waals surface area contributed by atoms with Crippen LogP contribution in [-0.4, -0.2) is 24.1 Å². The van der Waals surface area contributed by atoms with Crippen LogP contribution in [0.5, 0.6) is 0 Å². The maximum Gasteiger partial charge on any atom is 0.408 e. The van der Waals surface area contributed by atoms with E-state index in [9.17, 15) is 14.0 Å². The highest BCUT2D eigenvalue weighted by molar-refractivity contribution is 7.99. The largest absolute Gasteiger partial charge is 0.445 e. The number of thioether (sulfide) groups is 1. The number of hydrogen-bond acceptors (Lipinski definition) is 4. The Bertz CT molecular complexity index is 1320. The Morgan fingerprint density at radius 2 is 1.84 bits per heavy atom. The summed E-state index contributed by atoms with van der Waals surface area (Å²) in [5.41, 5.74) is 1.47. The number of alkyl carbamates (subject to hydrolysis) is 1. The van der Waals surface area contributed by atoms with Crippen LogP contribution in [-0.2, 0) is 16.1 Å². The van der Waals surface area contributed by atoms with E-state index in [1.807, 2.05) is 66.7 Å². The van der Waals surface area contributed by atoms with E-state index in [0.717, 1.165) is 47.9 Å². The molecule has 0 spiro atoms. The fourth-order valence-electron chi connectivity index (χ4n) is 4.72. The smallest absolute Gasteiger partial charge is 0.408 e. The molecule has 3 aromatic carbocycles. The topological polar surface area (TPSA) is 58.6 Å². The lowest BCUT2D eigenvalue weighted by molar-refractivity contribution is -0.120. The minimum atomic E-state index is -1.20. The molecular weight excluding hydrogens is 494 g/mol. The molecule has 1 aliphatic heterocycles. The van der Waals surface area contributed by atoms with Gasteiger partial charge in [-0.15, -0.1) is 11.8 Å². The number of para-hydroxylation sites is 1. The minimum absolute atomic E-state index is 0.00236. The van der Waals surface area contributed by atoms with Gasteiger partial charge in [-0.1, -0.05) is 54.6 Å². The summed E-state index contributed by atoms with van der Waals surface area (Å²) in [5.74, 6) is -1.68. The summed E-state index contributed by atoms with van der Waals surface area (Å²) in [6.07, 6.45) is 5.83. The number of carbonyl (C=O) groups is 2. The molecule has 2 amide bonds. The monoisotopic (exact) mass is 520 g/mol. The van der Waals surface area contributed by atoms with Crippen molar-refractivity contribution in [1.29, 1.82) is 0 Å². The average Bonchev–Trinajstić information content (AvgIpc) is 3.04. The first-order valence-corrected chi connectivity index (χ1v) is 13.1. The van der Waals surface area contributed by atoms with Crippen LogP contribution < -0.4 is 10.2 Å². The molecule has 0 radical (unpaired) electrons. The zero-order valence-corrected chi connectivity index (χ0v) is 20.8. The van der Waals surface area contributed by atoms with Crippen LogP contribution in [0.15, 0.2) is 89.8 Å². The van der Waals surface area contributed by atoms with E-state index >= 15 is 4.39 Å². The van der Waals surface area contributed by atoms with Crippen molar-refractivity contribution in [3.63, 3.8) is 0 Å². The van der Waals surface area contributed by atoms with Crippen LogP contribution in [0, 0.1) is 11.6 Å². The Morgan fingerprint density at radius 3 is 2.62 bits per heavy atom. The third-order valence-electron chi connectivity index (χ3n) is 6.50. The maximum atomic E-state index is 15.1. The molecular formula is C29H26F2N2O3S. The molecule has 37 heavy (non-hydrogen) atoms. The van der Waals surface area contributed by atoms with Gasteiger partial charge < -0.3 is 15.0 Å². The Hall–Kier alpha value is -3.65. The molecule has 1 aliphatic carbocycles. The van der Waals surface area contributed by atoms with Crippen LogP contribution in [0.25, 0.3) is 0 Å². The van der Waals surface area contributed by atoms with Gasteiger partial charge in [0.05, 0.1) is 17.0 Å². The van der Waals surface area contributed by atoms with Crippen LogP contribution in [0.2, 0.25) is 0 Å². The SMILES string of the molecule is O=C(N[C@@H]1C(=O)N(C2C=CCCC2)c2ccccc2S[C@H]1c1cc(F)ccc1F)OCc1ccccc1. The molecule has 0 fully saturated rings. The maximum absolute atomic E-state index is 15.1. The molecule has 2 aliphatic rings. The van der Waals surface area contributed by atoms with Gasteiger partial charge in [-0.25, -0.2) is 13.6 Å². The Balaban J connectivity index is 1.53. The van der Waals surface area contributed by atoms with Crippen molar-refractivity contribution < 1.29 is 23.1 Å². The minimum Gasteiger partial charge on any atom is -0.445 e. The molecule has 0 saturated carbocycles. The van der Waals surface area contributed by atoms with Gasteiger partial charge in [-0.05, 0) is 55.2 Å². The van der Waals surface area contributed by atoms with E-state index in [1.165, 1.54) is 11.8 Å². The molecule has 1 unspecified atom stereocenters. The number of hydrogen-bond donors (Lipinski definition) is 1. The number of benzene rings is 3. The van der Waals surface area contributed by atoms with Crippen molar-refractivity contribution in [1.82, 2.24) is 5.32 Å². The third-order valence-corrected chi connectivity index (χ3v) is 7.88. The summed E-state index contributed by atoms with van der Waals surface area (Å²) in [6, 6.07) is 18.3.